The summed E-state index contributed by atoms with van der Waals surface area (Å²) in [6.45, 7) is 11.6. The predicted molar refractivity (Wildman–Crippen MR) is 119 cm³/mol. The number of nitrogens with zero attached hydrogens (tertiary/aromatic N) is 4. The topological polar surface area (TPSA) is 79.5 Å². The fraction of sp³-hybridized carbons (Fsp3) is 0.583. The third-order valence-electron chi connectivity index (χ3n) is 5.67. The summed E-state index contributed by atoms with van der Waals surface area (Å²) in [7, 11) is 0. The van der Waals surface area contributed by atoms with Crippen LogP contribution in [0.25, 0.3) is 0 Å². The first kappa shape index (κ1) is 23.0. The Bertz CT molecular complexity index is 901. The van der Waals surface area contributed by atoms with Crippen molar-refractivity contribution < 1.29 is 14.1 Å². The lowest BCUT2D eigenvalue weighted by molar-refractivity contribution is -0.132. The quantitative estimate of drug-likeness (QED) is 0.676. The first-order valence-electron chi connectivity index (χ1n) is 11.2. The van der Waals surface area contributed by atoms with Crippen LogP contribution in [0.4, 0.5) is 0 Å². The summed E-state index contributed by atoms with van der Waals surface area (Å²) >= 11 is 0. The summed E-state index contributed by atoms with van der Waals surface area (Å²) in [6.07, 6.45) is 3.07. The van der Waals surface area contributed by atoms with E-state index < -0.39 is 0 Å². The molecule has 1 aromatic heterocycles. The number of likely N-dealkylation sites (tertiary alicyclic amines) is 1. The zero-order valence-corrected chi connectivity index (χ0v) is 19.4. The van der Waals surface area contributed by atoms with Crippen molar-refractivity contribution in [3.05, 3.63) is 46.6 Å². The molecule has 31 heavy (non-hydrogen) atoms. The summed E-state index contributed by atoms with van der Waals surface area (Å²) in [5.74, 6) is 1.77. The van der Waals surface area contributed by atoms with E-state index in [9.17, 15) is 9.59 Å². The van der Waals surface area contributed by atoms with Crippen LogP contribution in [0.3, 0.4) is 0 Å². The van der Waals surface area contributed by atoms with E-state index in [0.29, 0.717) is 37.1 Å². The maximum absolute atomic E-state index is 13.1. The predicted octanol–water partition coefficient (Wildman–Crippen LogP) is 3.58. The lowest BCUT2D eigenvalue weighted by atomic mass is 10.0. The number of amides is 2. The fourth-order valence-electron chi connectivity index (χ4n) is 4.32. The maximum atomic E-state index is 13.1. The van der Waals surface area contributed by atoms with Gasteiger partial charge in [-0.15, -0.1) is 0 Å². The van der Waals surface area contributed by atoms with Gasteiger partial charge in [-0.2, -0.15) is 4.98 Å². The Balaban J connectivity index is 1.65. The summed E-state index contributed by atoms with van der Waals surface area (Å²) in [5.41, 5.74) is 2.88. The van der Waals surface area contributed by atoms with E-state index in [1.54, 1.807) is 6.92 Å². The molecule has 0 saturated carbocycles. The van der Waals surface area contributed by atoms with Gasteiger partial charge >= 0.3 is 0 Å². The lowest BCUT2D eigenvalue weighted by Crippen LogP contribution is -2.51. The Morgan fingerprint density at radius 2 is 1.94 bits per heavy atom. The molecule has 1 saturated heterocycles. The van der Waals surface area contributed by atoms with Crippen LogP contribution in [0.15, 0.2) is 22.7 Å². The van der Waals surface area contributed by atoms with E-state index in [-0.39, 0.29) is 17.9 Å². The molecule has 0 radical (unpaired) electrons. The summed E-state index contributed by atoms with van der Waals surface area (Å²) in [6, 6.07) is 5.94. The molecule has 3 rings (SSSR count). The molecule has 168 valence electrons. The largest absolute Gasteiger partial charge is 0.339 e. The Hall–Kier alpha value is -2.70. The molecule has 1 aliphatic heterocycles. The first-order chi connectivity index (χ1) is 14.7. The van der Waals surface area contributed by atoms with Gasteiger partial charge in [0.25, 0.3) is 5.91 Å². The van der Waals surface area contributed by atoms with Crippen LogP contribution in [-0.4, -0.2) is 57.4 Å². The Labute approximate surface area is 184 Å². The number of hydrogen-bond donors (Lipinski definition) is 0. The number of benzene rings is 1. The van der Waals surface area contributed by atoms with Crippen molar-refractivity contribution >= 4 is 11.8 Å². The number of carbonyl (C=O) groups excluding carboxylic acids is 2. The van der Waals surface area contributed by atoms with E-state index in [1.165, 1.54) is 0 Å². The van der Waals surface area contributed by atoms with Crippen LogP contribution in [0.5, 0.6) is 0 Å². The van der Waals surface area contributed by atoms with Gasteiger partial charge in [-0.1, -0.05) is 36.2 Å². The SMILES string of the molecule is CC(=O)N(CCc1noc(CC(C)C)n1)C1CCCN(C(=O)c2cc(C)cc(C)c2)C1. The molecule has 0 N–H and O–H groups in total. The zero-order chi connectivity index (χ0) is 22.5. The normalized spacial score (nSPS) is 16.6. The summed E-state index contributed by atoms with van der Waals surface area (Å²) in [5, 5.41) is 4.06. The third kappa shape index (κ3) is 6.15. The molecule has 1 aromatic carbocycles. The van der Waals surface area contributed by atoms with Crippen LogP contribution in [-0.2, 0) is 17.6 Å². The smallest absolute Gasteiger partial charge is 0.253 e. The first-order valence-corrected chi connectivity index (χ1v) is 11.2. The number of aryl methyl sites for hydroxylation is 2. The van der Waals surface area contributed by atoms with Gasteiger partial charge in [0.2, 0.25) is 11.8 Å². The fourth-order valence-corrected chi connectivity index (χ4v) is 4.32. The second-order valence-corrected chi connectivity index (χ2v) is 9.09. The van der Waals surface area contributed by atoms with E-state index in [0.717, 1.165) is 42.5 Å². The number of carbonyl (C=O) groups is 2. The highest BCUT2D eigenvalue weighted by Crippen LogP contribution is 2.20. The molecular formula is C24H34N4O3. The van der Waals surface area contributed by atoms with Crippen molar-refractivity contribution in [1.82, 2.24) is 19.9 Å². The Kier molecular flexibility index (Phi) is 7.46. The summed E-state index contributed by atoms with van der Waals surface area (Å²) < 4.78 is 5.31. The van der Waals surface area contributed by atoms with Crippen LogP contribution < -0.4 is 0 Å². The van der Waals surface area contributed by atoms with Crippen molar-refractivity contribution in [3.8, 4) is 0 Å². The molecular weight excluding hydrogens is 392 g/mol. The Morgan fingerprint density at radius 1 is 1.23 bits per heavy atom. The number of hydrogen-bond acceptors (Lipinski definition) is 5. The molecule has 7 nitrogen and oxygen atoms in total. The van der Waals surface area contributed by atoms with Gasteiger partial charge in [-0.25, -0.2) is 0 Å². The molecule has 0 aliphatic carbocycles. The van der Waals surface area contributed by atoms with Crippen LogP contribution >= 0.6 is 0 Å². The average Bonchev–Trinajstić information content (AvgIpc) is 3.13. The molecule has 1 unspecified atom stereocenters. The van der Waals surface area contributed by atoms with Crippen LogP contribution in [0.1, 0.15) is 66.8 Å². The molecule has 7 heteroatoms. The molecule has 1 aliphatic rings. The minimum atomic E-state index is 0.00291. The second kappa shape index (κ2) is 10.1. The van der Waals surface area contributed by atoms with Crippen molar-refractivity contribution in [1.29, 1.82) is 0 Å². The second-order valence-electron chi connectivity index (χ2n) is 9.09. The van der Waals surface area contributed by atoms with Gasteiger partial charge in [0.05, 0.1) is 0 Å². The van der Waals surface area contributed by atoms with E-state index in [4.69, 9.17) is 4.52 Å². The van der Waals surface area contributed by atoms with Crippen molar-refractivity contribution in [2.45, 2.75) is 66.3 Å². The Morgan fingerprint density at radius 3 is 2.58 bits per heavy atom. The number of piperidine rings is 1. The maximum Gasteiger partial charge on any atom is 0.253 e. The number of aromatic nitrogens is 2. The van der Waals surface area contributed by atoms with Gasteiger partial charge in [0.15, 0.2) is 5.82 Å². The van der Waals surface area contributed by atoms with Gasteiger partial charge in [-0.3, -0.25) is 9.59 Å². The highest BCUT2D eigenvalue weighted by molar-refractivity contribution is 5.94. The third-order valence-corrected chi connectivity index (χ3v) is 5.67. The molecule has 1 atom stereocenters. The molecule has 2 heterocycles. The standard InChI is InChI=1S/C24H34N4O3/c1-16(2)11-23-25-22(26-31-23)8-10-28(19(5)29)21-7-6-9-27(15-21)24(30)20-13-17(3)12-18(4)14-20/h12-14,16,21H,6-11,15H2,1-5H3. The monoisotopic (exact) mass is 426 g/mol. The minimum absolute atomic E-state index is 0.00291. The minimum Gasteiger partial charge on any atom is -0.339 e. The zero-order valence-electron chi connectivity index (χ0n) is 19.4. The lowest BCUT2D eigenvalue weighted by Gasteiger charge is -2.39. The van der Waals surface area contributed by atoms with Gasteiger partial charge in [-0.05, 0) is 44.7 Å². The van der Waals surface area contributed by atoms with E-state index >= 15 is 0 Å². The number of rotatable bonds is 7. The van der Waals surface area contributed by atoms with Gasteiger partial charge < -0.3 is 14.3 Å². The molecule has 2 aromatic rings. The van der Waals surface area contributed by atoms with E-state index in [1.807, 2.05) is 35.8 Å². The average molecular weight is 427 g/mol. The molecule has 1 fully saturated rings. The highest BCUT2D eigenvalue weighted by atomic mass is 16.5. The van der Waals surface area contributed by atoms with Gasteiger partial charge in [0, 0.05) is 51.0 Å². The highest BCUT2D eigenvalue weighted by Gasteiger charge is 2.30. The van der Waals surface area contributed by atoms with Crippen LogP contribution in [0.2, 0.25) is 0 Å². The summed E-state index contributed by atoms with van der Waals surface area (Å²) in [4.78, 5) is 33.7. The van der Waals surface area contributed by atoms with Crippen molar-refractivity contribution in [2.24, 2.45) is 5.92 Å². The van der Waals surface area contributed by atoms with Crippen molar-refractivity contribution in [3.63, 3.8) is 0 Å². The van der Waals surface area contributed by atoms with Crippen LogP contribution in [0, 0.1) is 19.8 Å². The molecule has 0 bridgehead atoms. The van der Waals surface area contributed by atoms with Crippen molar-refractivity contribution in [2.75, 3.05) is 19.6 Å². The van der Waals surface area contributed by atoms with Gasteiger partial charge in [0.1, 0.15) is 0 Å². The molecule has 2 amide bonds. The van der Waals surface area contributed by atoms with E-state index in [2.05, 4.69) is 30.1 Å². The molecule has 0 spiro atoms.